The minimum absolute atomic E-state index is 0.0491. The van der Waals surface area contributed by atoms with Crippen LogP contribution >= 0.6 is 22.6 Å². The Morgan fingerprint density at radius 2 is 2.21 bits per heavy atom. The van der Waals surface area contributed by atoms with E-state index >= 15 is 0 Å². The standard InChI is InChI=1S/C13H14IN3O2/c1-8-12(14)13(18)17(7-16-8)6-9-3-4-10(15)5-11(9)19-2/h3-5,7H,6,15H2,1-2H3. The lowest BCUT2D eigenvalue weighted by molar-refractivity contribution is 0.408. The number of aryl methyl sites for hydroxylation is 1. The van der Waals surface area contributed by atoms with Crippen LogP contribution in [0.25, 0.3) is 0 Å². The summed E-state index contributed by atoms with van der Waals surface area (Å²) in [5, 5.41) is 0. The lowest BCUT2D eigenvalue weighted by atomic mass is 10.2. The fourth-order valence-corrected chi connectivity index (χ4v) is 2.18. The number of nitrogens with zero attached hydrogens (tertiary/aromatic N) is 2. The third-order valence-corrected chi connectivity index (χ3v) is 4.05. The number of nitrogens with two attached hydrogens (primary N) is 1. The highest BCUT2D eigenvalue weighted by molar-refractivity contribution is 14.1. The second kappa shape index (κ2) is 5.60. The van der Waals surface area contributed by atoms with Gasteiger partial charge in [0.1, 0.15) is 5.75 Å². The Morgan fingerprint density at radius 1 is 1.47 bits per heavy atom. The summed E-state index contributed by atoms with van der Waals surface area (Å²) < 4.78 is 7.47. The Morgan fingerprint density at radius 3 is 2.89 bits per heavy atom. The van der Waals surface area contributed by atoms with Crippen LogP contribution in [0.4, 0.5) is 5.69 Å². The number of anilines is 1. The summed E-state index contributed by atoms with van der Waals surface area (Å²) in [5.74, 6) is 0.669. The zero-order valence-electron chi connectivity index (χ0n) is 10.7. The first kappa shape index (κ1) is 13.9. The molecular formula is C13H14IN3O2. The molecule has 0 aliphatic carbocycles. The average molecular weight is 371 g/mol. The third kappa shape index (κ3) is 2.89. The summed E-state index contributed by atoms with van der Waals surface area (Å²) >= 11 is 2.01. The van der Waals surface area contributed by atoms with Crippen LogP contribution < -0.4 is 16.0 Å². The third-order valence-electron chi connectivity index (χ3n) is 2.81. The minimum atomic E-state index is -0.0491. The number of nitrogen functional groups attached to an aromatic ring is 1. The van der Waals surface area contributed by atoms with Gasteiger partial charge >= 0.3 is 0 Å². The number of halogens is 1. The van der Waals surface area contributed by atoms with Gasteiger partial charge in [0.05, 0.1) is 29.2 Å². The summed E-state index contributed by atoms with van der Waals surface area (Å²) in [5.41, 5.74) is 7.92. The molecule has 19 heavy (non-hydrogen) atoms. The summed E-state index contributed by atoms with van der Waals surface area (Å²) in [6, 6.07) is 5.38. The molecule has 2 N–H and O–H groups in total. The molecule has 0 radical (unpaired) electrons. The molecule has 0 unspecified atom stereocenters. The first-order chi connectivity index (χ1) is 9.02. The Labute approximate surface area is 124 Å². The quantitative estimate of drug-likeness (QED) is 0.660. The van der Waals surface area contributed by atoms with Crippen LogP contribution in [0.3, 0.4) is 0 Å². The molecule has 2 aromatic rings. The minimum Gasteiger partial charge on any atom is -0.496 e. The Bertz CT molecular complexity index is 667. The highest BCUT2D eigenvalue weighted by atomic mass is 127. The molecule has 1 aromatic heterocycles. The lowest BCUT2D eigenvalue weighted by Gasteiger charge is -2.11. The van der Waals surface area contributed by atoms with Gasteiger partial charge in [0.2, 0.25) is 0 Å². The van der Waals surface area contributed by atoms with E-state index < -0.39 is 0 Å². The second-order valence-corrected chi connectivity index (χ2v) is 5.23. The van der Waals surface area contributed by atoms with Crippen molar-refractivity contribution < 1.29 is 4.74 Å². The van der Waals surface area contributed by atoms with Gasteiger partial charge in [0.15, 0.2) is 0 Å². The molecule has 0 aliphatic rings. The summed E-state index contributed by atoms with van der Waals surface area (Å²) in [7, 11) is 1.58. The molecule has 0 saturated heterocycles. The Kier molecular flexibility index (Phi) is 4.08. The van der Waals surface area contributed by atoms with Crippen molar-refractivity contribution in [2.45, 2.75) is 13.5 Å². The Hall–Kier alpha value is -1.57. The van der Waals surface area contributed by atoms with Crippen molar-refractivity contribution in [3.63, 3.8) is 0 Å². The van der Waals surface area contributed by atoms with Crippen molar-refractivity contribution in [3.8, 4) is 5.75 Å². The van der Waals surface area contributed by atoms with Crippen LogP contribution in [0.15, 0.2) is 29.3 Å². The zero-order chi connectivity index (χ0) is 14.0. The van der Waals surface area contributed by atoms with Gasteiger partial charge in [-0.25, -0.2) is 4.98 Å². The van der Waals surface area contributed by atoms with Crippen molar-refractivity contribution in [2.24, 2.45) is 0 Å². The SMILES string of the molecule is COc1cc(N)ccc1Cn1cnc(C)c(I)c1=O. The van der Waals surface area contributed by atoms with Gasteiger partial charge in [-0.1, -0.05) is 6.07 Å². The van der Waals surface area contributed by atoms with Gasteiger partial charge in [-0.15, -0.1) is 0 Å². The van der Waals surface area contributed by atoms with Gasteiger partial charge in [-0.2, -0.15) is 0 Å². The normalized spacial score (nSPS) is 10.5. The molecule has 2 rings (SSSR count). The van der Waals surface area contributed by atoms with Gasteiger partial charge < -0.3 is 10.5 Å². The largest absolute Gasteiger partial charge is 0.496 e. The number of hydrogen-bond donors (Lipinski definition) is 1. The zero-order valence-corrected chi connectivity index (χ0v) is 12.8. The van der Waals surface area contributed by atoms with E-state index in [2.05, 4.69) is 4.98 Å². The molecule has 5 nitrogen and oxygen atoms in total. The first-order valence-corrected chi connectivity index (χ1v) is 6.74. The van der Waals surface area contributed by atoms with Crippen LogP contribution in [-0.4, -0.2) is 16.7 Å². The van der Waals surface area contributed by atoms with Crippen molar-refractivity contribution in [3.05, 3.63) is 49.7 Å². The van der Waals surface area contributed by atoms with E-state index in [1.54, 1.807) is 30.1 Å². The van der Waals surface area contributed by atoms with Crippen LogP contribution in [0.5, 0.6) is 5.75 Å². The number of benzene rings is 1. The van der Waals surface area contributed by atoms with Gasteiger partial charge in [-0.3, -0.25) is 9.36 Å². The maximum absolute atomic E-state index is 12.1. The molecule has 0 spiro atoms. The molecule has 100 valence electrons. The van der Waals surface area contributed by atoms with Crippen LogP contribution in [0.1, 0.15) is 11.3 Å². The number of aromatic nitrogens is 2. The summed E-state index contributed by atoms with van der Waals surface area (Å²) in [6.45, 7) is 2.23. The summed E-state index contributed by atoms with van der Waals surface area (Å²) in [6.07, 6.45) is 1.55. The van der Waals surface area contributed by atoms with E-state index in [1.807, 2.05) is 35.6 Å². The predicted octanol–water partition coefficient (Wildman–Crippen LogP) is 1.80. The first-order valence-electron chi connectivity index (χ1n) is 5.67. The second-order valence-electron chi connectivity index (χ2n) is 4.15. The number of rotatable bonds is 3. The maximum atomic E-state index is 12.1. The van der Waals surface area contributed by atoms with Gasteiger partial charge in [-0.05, 0) is 35.6 Å². The predicted molar refractivity (Wildman–Crippen MR) is 82.5 cm³/mol. The van der Waals surface area contributed by atoms with Crippen LogP contribution in [0.2, 0.25) is 0 Å². The smallest absolute Gasteiger partial charge is 0.267 e. The molecule has 0 atom stereocenters. The van der Waals surface area contributed by atoms with E-state index in [1.165, 1.54) is 0 Å². The number of hydrogen-bond acceptors (Lipinski definition) is 4. The molecule has 0 bridgehead atoms. The van der Waals surface area contributed by atoms with Crippen molar-refractivity contribution >= 4 is 28.3 Å². The average Bonchev–Trinajstić information content (AvgIpc) is 2.41. The number of methoxy groups -OCH3 is 1. The monoisotopic (exact) mass is 371 g/mol. The molecule has 0 saturated carbocycles. The van der Waals surface area contributed by atoms with E-state index in [0.29, 0.717) is 21.6 Å². The van der Waals surface area contributed by atoms with E-state index in [9.17, 15) is 4.79 Å². The molecule has 1 heterocycles. The highest BCUT2D eigenvalue weighted by Gasteiger charge is 2.09. The van der Waals surface area contributed by atoms with Crippen molar-refractivity contribution in [1.82, 2.24) is 9.55 Å². The molecular weight excluding hydrogens is 357 g/mol. The van der Waals surface area contributed by atoms with Crippen LogP contribution in [-0.2, 0) is 6.54 Å². The van der Waals surface area contributed by atoms with Crippen molar-refractivity contribution in [2.75, 3.05) is 12.8 Å². The van der Waals surface area contributed by atoms with Crippen LogP contribution in [0, 0.1) is 10.5 Å². The van der Waals surface area contributed by atoms with E-state index in [4.69, 9.17) is 10.5 Å². The van der Waals surface area contributed by atoms with E-state index in [0.717, 1.165) is 11.3 Å². The number of ether oxygens (including phenoxy) is 1. The van der Waals surface area contributed by atoms with Gasteiger partial charge in [0, 0.05) is 17.3 Å². The molecule has 0 aliphatic heterocycles. The van der Waals surface area contributed by atoms with E-state index in [-0.39, 0.29) is 5.56 Å². The fraction of sp³-hybridized carbons (Fsp3) is 0.231. The maximum Gasteiger partial charge on any atom is 0.267 e. The lowest BCUT2D eigenvalue weighted by Crippen LogP contribution is -2.24. The molecule has 1 aromatic carbocycles. The molecule has 6 heteroatoms. The Balaban J connectivity index is 2.42. The fourth-order valence-electron chi connectivity index (χ4n) is 1.73. The van der Waals surface area contributed by atoms with Crippen molar-refractivity contribution in [1.29, 1.82) is 0 Å². The molecule has 0 amide bonds. The molecule has 0 fully saturated rings. The highest BCUT2D eigenvalue weighted by Crippen LogP contribution is 2.22. The topological polar surface area (TPSA) is 70.1 Å². The summed E-state index contributed by atoms with van der Waals surface area (Å²) in [4.78, 5) is 16.3. The van der Waals surface area contributed by atoms with Gasteiger partial charge in [0.25, 0.3) is 5.56 Å².